The fourth-order valence-corrected chi connectivity index (χ4v) is 7.31. The van der Waals surface area contributed by atoms with Gasteiger partial charge in [-0.25, -0.2) is 18.2 Å². The van der Waals surface area contributed by atoms with Crippen LogP contribution in [-0.2, 0) is 6.18 Å². The molecule has 0 saturated carbocycles. The third-order valence-corrected chi connectivity index (χ3v) is 9.38. The molecule has 3 N–H and O–H groups in total. The van der Waals surface area contributed by atoms with Crippen LogP contribution in [0.4, 0.5) is 31.5 Å². The van der Waals surface area contributed by atoms with Crippen LogP contribution in [0.15, 0.2) is 18.2 Å². The lowest BCUT2D eigenvalue weighted by molar-refractivity contribution is -0.137. The minimum absolute atomic E-state index is 0.0230. The molecule has 2 aromatic carbocycles. The minimum Gasteiger partial charge on any atom is -0.472 e. The maximum absolute atomic E-state index is 16.5. The summed E-state index contributed by atoms with van der Waals surface area (Å²) in [5, 5.41) is 2.72. The summed E-state index contributed by atoms with van der Waals surface area (Å²) in [7, 11) is 0. The topological polar surface area (TPSA) is 98.4 Å². The molecule has 43 heavy (non-hydrogen) atoms. The maximum atomic E-state index is 16.5. The molecule has 3 aliphatic rings. The fourth-order valence-electron chi connectivity index (χ4n) is 6.55. The van der Waals surface area contributed by atoms with Gasteiger partial charge in [0.2, 0.25) is 5.88 Å². The van der Waals surface area contributed by atoms with E-state index >= 15 is 4.39 Å². The largest absolute Gasteiger partial charge is 0.472 e. The van der Waals surface area contributed by atoms with Crippen molar-refractivity contribution in [3.63, 3.8) is 0 Å². The van der Waals surface area contributed by atoms with E-state index in [-0.39, 0.29) is 57.8 Å². The molecule has 15 heteroatoms. The number of ether oxygens (including phenoxy) is 2. The first-order valence-electron chi connectivity index (χ1n) is 13.9. The van der Waals surface area contributed by atoms with Crippen LogP contribution in [0.3, 0.4) is 0 Å². The highest BCUT2D eigenvalue weighted by molar-refractivity contribution is 7.22. The molecule has 0 amide bonds. The lowest BCUT2D eigenvalue weighted by atomic mass is 9.95. The standard InChI is InChI=1S/C28H26F6N6O2S/c29-13-9-27(5-1-7-40(27)11-13)12-41-26-38-21-16(24(39-26)42-14-4-6-36-10-14)8-17(28(32,33)34)19(20(21)31)15-2-3-18(30)23-22(15)37-25(35)43-23/h2-3,8,13-14,36H,1,4-7,9-12H2,(H2,35,37). The summed E-state index contributed by atoms with van der Waals surface area (Å²) in [5.74, 6) is -2.33. The highest BCUT2D eigenvalue weighted by atomic mass is 32.1. The van der Waals surface area contributed by atoms with E-state index in [4.69, 9.17) is 15.2 Å². The summed E-state index contributed by atoms with van der Waals surface area (Å²) in [5.41, 5.74) is 2.03. The van der Waals surface area contributed by atoms with E-state index in [1.54, 1.807) is 0 Å². The van der Waals surface area contributed by atoms with Crippen molar-refractivity contribution in [3.8, 4) is 23.0 Å². The number of aromatic nitrogens is 3. The minimum atomic E-state index is -5.02. The third kappa shape index (κ3) is 4.90. The molecule has 0 bridgehead atoms. The van der Waals surface area contributed by atoms with E-state index in [1.165, 1.54) is 0 Å². The van der Waals surface area contributed by atoms with E-state index in [2.05, 4.69) is 20.3 Å². The number of benzene rings is 2. The van der Waals surface area contributed by atoms with Gasteiger partial charge >= 0.3 is 12.2 Å². The number of nitrogens with one attached hydrogen (secondary N) is 1. The zero-order chi connectivity index (χ0) is 30.1. The number of alkyl halides is 4. The summed E-state index contributed by atoms with van der Waals surface area (Å²) in [6, 6.07) is 2.42. The maximum Gasteiger partial charge on any atom is 0.417 e. The smallest absolute Gasteiger partial charge is 0.417 e. The Morgan fingerprint density at radius 2 is 2.00 bits per heavy atom. The number of fused-ring (bicyclic) bond motifs is 3. The Hall–Kier alpha value is -3.43. The lowest BCUT2D eigenvalue weighted by Crippen LogP contribution is -2.43. The van der Waals surface area contributed by atoms with Crippen molar-refractivity contribution in [2.24, 2.45) is 0 Å². The predicted molar refractivity (Wildman–Crippen MR) is 148 cm³/mol. The number of halogens is 6. The molecule has 0 radical (unpaired) electrons. The van der Waals surface area contributed by atoms with E-state index in [1.807, 2.05) is 4.90 Å². The Morgan fingerprint density at radius 1 is 1.16 bits per heavy atom. The second kappa shape index (κ2) is 10.3. The second-order valence-electron chi connectivity index (χ2n) is 11.2. The van der Waals surface area contributed by atoms with Crippen molar-refractivity contribution in [3.05, 3.63) is 35.4 Å². The van der Waals surface area contributed by atoms with Crippen LogP contribution in [0, 0.1) is 11.6 Å². The first-order valence-corrected chi connectivity index (χ1v) is 14.7. The van der Waals surface area contributed by atoms with Crippen molar-refractivity contribution >= 4 is 37.6 Å². The highest BCUT2D eigenvalue weighted by Gasteiger charge is 2.49. The molecule has 4 aromatic rings. The van der Waals surface area contributed by atoms with Gasteiger partial charge in [-0.05, 0) is 50.6 Å². The van der Waals surface area contributed by atoms with Crippen LogP contribution in [0.2, 0.25) is 0 Å². The number of hydrogen-bond donors (Lipinski definition) is 2. The average molecular weight is 625 g/mol. The van der Waals surface area contributed by atoms with Crippen LogP contribution in [0.5, 0.6) is 11.9 Å². The summed E-state index contributed by atoms with van der Waals surface area (Å²) in [6.45, 7) is 2.08. The molecule has 0 aliphatic carbocycles. The van der Waals surface area contributed by atoms with E-state index in [0.29, 0.717) is 25.9 Å². The molecular formula is C28H26F6N6O2S. The first-order chi connectivity index (χ1) is 20.5. The Kier molecular flexibility index (Phi) is 6.81. The average Bonchev–Trinajstić information content (AvgIpc) is 3.73. The van der Waals surface area contributed by atoms with E-state index < -0.39 is 52.3 Å². The van der Waals surface area contributed by atoms with Gasteiger partial charge in [0, 0.05) is 30.6 Å². The van der Waals surface area contributed by atoms with Gasteiger partial charge in [-0.1, -0.05) is 11.3 Å². The molecule has 3 unspecified atom stereocenters. The predicted octanol–water partition coefficient (Wildman–Crippen LogP) is 5.48. The summed E-state index contributed by atoms with van der Waals surface area (Å²) in [4.78, 5) is 14.5. The third-order valence-electron chi connectivity index (χ3n) is 8.49. The van der Waals surface area contributed by atoms with Gasteiger partial charge in [-0.3, -0.25) is 4.90 Å². The molecular weight excluding hydrogens is 598 g/mol. The highest BCUT2D eigenvalue weighted by Crippen LogP contribution is 2.46. The monoisotopic (exact) mass is 624 g/mol. The molecule has 0 spiro atoms. The number of rotatable bonds is 6. The molecule has 3 aliphatic heterocycles. The summed E-state index contributed by atoms with van der Waals surface area (Å²) in [6.07, 6.45) is -4.07. The van der Waals surface area contributed by atoms with Gasteiger partial charge < -0.3 is 20.5 Å². The molecule has 3 atom stereocenters. The van der Waals surface area contributed by atoms with Crippen LogP contribution < -0.4 is 20.5 Å². The molecule has 2 aromatic heterocycles. The second-order valence-corrected chi connectivity index (χ2v) is 12.3. The molecule has 8 nitrogen and oxygen atoms in total. The van der Waals surface area contributed by atoms with Gasteiger partial charge in [0.25, 0.3) is 0 Å². The Morgan fingerprint density at radius 3 is 2.77 bits per heavy atom. The van der Waals surface area contributed by atoms with Crippen LogP contribution in [0.1, 0.15) is 31.2 Å². The number of nitrogens with two attached hydrogens (primary N) is 1. The number of nitrogens with zero attached hydrogens (tertiary/aromatic N) is 4. The molecule has 3 saturated heterocycles. The van der Waals surface area contributed by atoms with Crippen molar-refractivity contribution in [2.75, 3.05) is 38.5 Å². The van der Waals surface area contributed by atoms with Gasteiger partial charge in [-0.2, -0.15) is 23.1 Å². The number of thiazole rings is 1. The zero-order valence-corrected chi connectivity index (χ0v) is 23.4. The van der Waals surface area contributed by atoms with Crippen LogP contribution >= 0.6 is 11.3 Å². The Bertz CT molecular complexity index is 1730. The fraction of sp³-hybridized carbons (Fsp3) is 0.464. The summed E-state index contributed by atoms with van der Waals surface area (Å²) < 4.78 is 101. The van der Waals surface area contributed by atoms with Crippen LogP contribution in [-0.4, -0.2) is 70.5 Å². The molecule has 7 rings (SSSR count). The lowest BCUT2D eigenvalue weighted by Gasteiger charge is -2.30. The van der Waals surface area contributed by atoms with Gasteiger partial charge in [0.1, 0.15) is 30.2 Å². The van der Waals surface area contributed by atoms with E-state index in [0.717, 1.165) is 42.5 Å². The number of anilines is 1. The normalized spacial score (nSPS) is 24.3. The summed E-state index contributed by atoms with van der Waals surface area (Å²) >= 11 is 0.744. The Labute approximate surface area is 245 Å². The van der Waals surface area contributed by atoms with Crippen molar-refractivity contribution in [1.29, 1.82) is 0 Å². The first kappa shape index (κ1) is 28.3. The molecule has 5 heterocycles. The van der Waals surface area contributed by atoms with Gasteiger partial charge in [-0.15, -0.1) is 0 Å². The number of hydrogen-bond acceptors (Lipinski definition) is 9. The van der Waals surface area contributed by atoms with Crippen LogP contribution in [0.25, 0.3) is 32.2 Å². The van der Waals surface area contributed by atoms with E-state index in [9.17, 15) is 22.0 Å². The Balaban J connectivity index is 1.40. The van der Waals surface area contributed by atoms with Crippen molar-refractivity contribution < 1.29 is 35.8 Å². The van der Waals surface area contributed by atoms with Crippen molar-refractivity contribution in [2.45, 2.75) is 49.7 Å². The molecule has 228 valence electrons. The van der Waals surface area contributed by atoms with Gasteiger partial charge in [0.15, 0.2) is 10.9 Å². The van der Waals surface area contributed by atoms with Gasteiger partial charge in [0.05, 0.1) is 26.7 Å². The molecule has 3 fully saturated rings. The quantitative estimate of drug-likeness (QED) is 0.272. The SMILES string of the molecule is Nc1nc2c(-c3c(C(F)(F)F)cc4c(OC5CCNC5)nc(OCC56CCCN5CC(F)C6)nc4c3F)ccc(F)c2s1. The van der Waals surface area contributed by atoms with Crippen molar-refractivity contribution in [1.82, 2.24) is 25.2 Å². The number of nitrogen functional groups attached to an aromatic ring is 1. The zero-order valence-electron chi connectivity index (χ0n) is 22.6.